The molecule has 0 saturated carbocycles. The summed E-state index contributed by atoms with van der Waals surface area (Å²) in [7, 11) is 3.99. The van der Waals surface area contributed by atoms with Crippen molar-refractivity contribution in [3.05, 3.63) is 6.92 Å². The van der Waals surface area contributed by atoms with Crippen LogP contribution in [0.5, 0.6) is 0 Å². The van der Waals surface area contributed by atoms with Crippen LogP contribution in [0.25, 0.3) is 0 Å². The van der Waals surface area contributed by atoms with Gasteiger partial charge in [-0.25, -0.2) is 0 Å². The van der Waals surface area contributed by atoms with Gasteiger partial charge in [-0.1, -0.05) is 0 Å². The van der Waals surface area contributed by atoms with Gasteiger partial charge in [0.25, 0.3) is 0 Å². The van der Waals surface area contributed by atoms with E-state index >= 15 is 0 Å². The summed E-state index contributed by atoms with van der Waals surface area (Å²) in [5, 5.41) is 0. The van der Waals surface area contributed by atoms with Gasteiger partial charge in [0.05, 0.1) is 0 Å². The summed E-state index contributed by atoms with van der Waals surface area (Å²) in [6.45, 7) is 4.50. The zero-order chi connectivity index (χ0) is 6.28. The van der Waals surface area contributed by atoms with Crippen LogP contribution >= 0.6 is 0 Å². The van der Waals surface area contributed by atoms with Crippen molar-refractivity contribution in [2.45, 2.75) is 0 Å². The van der Waals surface area contributed by atoms with Crippen LogP contribution in [0.2, 0.25) is 0 Å². The molecule has 3 heteroatoms. The van der Waals surface area contributed by atoms with E-state index in [9.17, 15) is 0 Å². The molecule has 0 saturated heterocycles. The Labute approximate surface area is 54.8 Å². The first kappa shape index (κ1) is 10.4. The minimum absolute atomic E-state index is 0.125. The number of nitrogens with zero attached hydrogens (tertiary/aromatic N) is 1. The molecule has 0 aromatic heterocycles. The van der Waals surface area contributed by atoms with Crippen LogP contribution in [0.4, 0.5) is 0 Å². The molecule has 1 radical (unpaired) electrons. The zero-order valence-electron chi connectivity index (χ0n) is 4.98. The third-order valence-corrected chi connectivity index (χ3v) is 0.447. The van der Waals surface area contributed by atoms with Crippen molar-refractivity contribution in [2.24, 2.45) is 0 Å². The van der Waals surface area contributed by atoms with E-state index in [1.807, 2.05) is 19.0 Å². The van der Waals surface area contributed by atoms with E-state index in [0.717, 1.165) is 6.54 Å². The van der Waals surface area contributed by atoms with E-state index in [4.69, 9.17) is 3.57 Å². The van der Waals surface area contributed by atoms with Crippen LogP contribution in [0, 0.1) is 6.92 Å². The van der Waals surface area contributed by atoms with Crippen LogP contribution < -0.4 is 0 Å². The average Bonchev–Trinajstić information content (AvgIpc) is 1.73. The summed E-state index contributed by atoms with van der Waals surface area (Å²) in [6, 6.07) is 0. The molecule has 0 fully saturated rings. The Morgan fingerprint density at radius 2 is 1.71 bits per heavy atom. The molecular weight excluding hydrogens is 143 g/mol. The molecule has 39 valence electrons. The molecule has 0 amide bonds. The Morgan fingerprint density at radius 1 is 1.57 bits per heavy atom. The Balaban J connectivity index is 0. The summed E-state index contributed by atoms with van der Waals surface area (Å²) < 4.78 is 8.38. The van der Waals surface area contributed by atoms with Crippen molar-refractivity contribution in [3.8, 4) is 0 Å². The van der Waals surface area contributed by atoms with Crippen molar-refractivity contribution in [1.29, 1.82) is 0 Å². The summed E-state index contributed by atoms with van der Waals surface area (Å²) in [5.74, 6) is 0. The van der Waals surface area contributed by atoms with E-state index in [2.05, 4.69) is 6.92 Å². The normalized spacial score (nSPS) is 7.71. The van der Waals surface area contributed by atoms with Gasteiger partial charge in [-0.15, -0.1) is 0 Å². The fraction of sp³-hybridized carbons (Fsp3) is 0.750. The zero-order valence-corrected chi connectivity index (χ0v) is 7.94. The van der Waals surface area contributed by atoms with E-state index in [1.54, 1.807) is 0 Å². The molecule has 2 nitrogen and oxygen atoms in total. The Bertz CT molecular complexity index is 32.9. The fourth-order valence-electron chi connectivity index (χ4n) is 0. The van der Waals surface area contributed by atoms with E-state index < -0.39 is 0 Å². The number of rotatable bonds is 1. The molecular formula is C4H10NOZn. The molecule has 0 heterocycles. The van der Waals surface area contributed by atoms with Gasteiger partial charge in [0.15, 0.2) is 0 Å². The maximum atomic E-state index is 8.38. The first-order valence-electron chi connectivity index (χ1n) is 2.00. The van der Waals surface area contributed by atoms with Crippen LogP contribution in [0.15, 0.2) is 0 Å². The van der Waals surface area contributed by atoms with Crippen molar-refractivity contribution in [3.63, 3.8) is 0 Å². The van der Waals surface area contributed by atoms with E-state index in [0.29, 0.717) is 0 Å². The van der Waals surface area contributed by atoms with Crippen molar-refractivity contribution in [1.82, 2.24) is 4.90 Å². The molecule has 0 aliphatic carbocycles. The van der Waals surface area contributed by atoms with Crippen LogP contribution in [0.1, 0.15) is 0 Å². The molecule has 0 aliphatic heterocycles. The first-order valence-corrected chi connectivity index (χ1v) is 3.21. The molecule has 0 aromatic rings. The molecule has 0 bridgehead atoms. The monoisotopic (exact) mass is 152 g/mol. The molecule has 0 spiro atoms. The Hall–Kier alpha value is 0.383. The molecule has 0 rings (SSSR count). The van der Waals surface area contributed by atoms with Crippen LogP contribution in [-0.2, 0) is 21.8 Å². The maximum absolute atomic E-state index is 8.38. The molecule has 0 atom stereocenters. The predicted molar refractivity (Wildman–Crippen MR) is 24.6 cm³/mol. The Kier molecular flexibility index (Phi) is 14.3. The SMILES string of the molecule is [CH2]CN(C)C.[O]=[Zn]. The van der Waals surface area contributed by atoms with Crippen molar-refractivity contribution < 1.29 is 21.8 Å². The van der Waals surface area contributed by atoms with Gasteiger partial charge < -0.3 is 4.90 Å². The molecule has 0 N–H and O–H groups in total. The van der Waals surface area contributed by atoms with Crippen LogP contribution in [-0.4, -0.2) is 25.5 Å². The van der Waals surface area contributed by atoms with E-state index in [-0.39, 0.29) is 18.3 Å². The summed E-state index contributed by atoms with van der Waals surface area (Å²) >= 11 is 0.125. The summed E-state index contributed by atoms with van der Waals surface area (Å²) in [5.41, 5.74) is 0. The molecule has 0 aliphatic rings. The standard InChI is InChI=1S/C4H10N.O.Zn/c1-4-5(2)3;;/h1,4H2,2-3H3;;. The first-order chi connectivity index (χ1) is 3.27. The third-order valence-electron chi connectivity index (χ3n) is 0.447. The van der Waals surface area contributed by atoms with Gasteiger partial charge in [-0.2, -0.15) is 0 Å². The number of hydrogen-bond acceptors (Lipinski definition) is 2. The van der Waals surface area contributed by atoms with Gasteiger partial charge in [-0.3, -0.25) is 0 Å². The molecule has 7 heavy (non-hydrogen) atoms. The van der Waals surface area contributed by atoms with E-state index in [1.165, 1.54) is 0 Å². The summed E-state index contributed by atoms with van der Waals surface area (Å²) in [6.07, 6.45) is 0. The van der Waals surface area contributed by atoms with Gasteiger partial charge in [0, 0.05) is 0 Å². The van der Waals surface area contributed by atoms with Crippen molar-refractivity contribution >= 4 is 0 Å². The molecule has 0 aromatic carbocycles. The second-order valence-electron chi connectivity index (χ2n) is 1.30. The van der Waals surface area contributed by atoms with Gasteiger partial charge in [-0.05, 0) is 27.6 Å². The van der Waals surface area contributed by atoms with Gasteiger partial charge in [0.1, 0.15) is 0 Å². The second-order valence-corrected chi connectivity index (χ2v) is 1.30. The average molecular weight is 154 g/mol. The van der Waals surface area contributed by atoms with Crippen molar-refractivity contribution in [2.75, 3.05) is 20.6 Å². The number of hydrogen-bond donors (Lipinski definition) is 0. The van der Waals surface area contributed by atoms with Crippen LogP contribution in [0.3, 0.4) is 0 Å². The Morgan fingerprint density at radius 3 is 1.71 bits per heavy atom. The fourth-order valence-corrected chi connectivity index (χ4v) is 0. The predicted octanol–water partition coefficient (Wildman–Crippen LogP) is 0.261. The topological polar surface area (TPSA) is 20.3 Å². The minimum atomic E-state index is 0.125. The summed E-state index contributed by atoms with van der Waals surface area (Å²) in [4.78, 5) is 2.01. The molecule has 0 unspecified atom stereocenters. The quantitative estimate of drug-likeness (QED) is 0.504. The second kappa shape index (κ2) is 9.63. The van der Waals surface area contributed by atoms with Gasteiger partial charge >= 0.3 is 21.8 Å². The van der Waals surface area contributed by atoms with Gasteiger partial charge in [0.2, 0.25) is 0 Å². The third kappa shape index (κ3) is 21.6.